The first-order chi connectivity index (χ1) is 9.45. The molecule has 0 aliphatic heterocycles. The largest absolute Gasteiger partial charge is 0.355 e. The van der Waals surface area contributed by atoms with Crippen LogP contribution in [0.25, 0.3) is 0 Å². The van der Waals surface area contributed by atoms with Crippen molar-refractivity contribution in [1.29, 1.82) is 0 Å². The van der Waals surface area contributed by atoms with Crippen molar-refractivity contribution >= 4 is 15.9 Å². The lowest BCUT2D eigenvalue weighted by atomic mass is 10.1. The molecule has 6 heteroatoms. The molecule has 0 aliphatic rings. The molecule has 0 aromatic heterocycles. The van der Waals surface area contributed by atoms with Gasteiger partial charge in [0, 0.05) is 20.0 Å². The Labute approximate surface area is 120 Å². The van der Waals surface area contributed by atoms with Crippen molar-refractivity contribution in [1.82, 2.24) is 10.0 Å². The molecule has 0 fully saturated rings. The Morgan fingerprint density at radius 1 is 1.15 bits per heavy atom. The molecule has 0 radical (unpaired) electrons. The number of nitrogens with one attached hydrogen (secondary N) is 2. The van der Waals surface area contributed by atoms with Gasteiger partial charge >= 0.3 is 0 Å². The summed E-state index contributed by atoms with van der Waals surface area (Å²) in [6.45, 7) is 3.98. The minimum atomic E-state index is -3.50. The lowest BCUT2D eigenvalue weighted by molar-refractivity contribution is -0.118. The molecule has 1 aromatic carbocycles. The van der Waals surface area contributed by atoms with E-state index in [1.807, 2.05) is 12.1 Å². The molecule has 0 spiro atoms. The van der Waals surface area contributed by atoms with Crippen LogP contribution in [0.4, 0.5) is 0 Å². The van der Waals surface area contributed by atoms with E-state index in [0.717, 1.165) is 24.8 Å². The van der Waals surface area contributed by atoms with Crippen LogP contribution in [0, 0.1) is 0 Å². The Morgan fingerprint density at radius 2 is 1.80 bits per heavy atom. The monoisotopic (exact) mass is 298 g/mol. The van der Waals surface area contributed by atoms with Gasteiger partial charge in [-0.2, -0.15) is 0 Å². The average molecular weight is 298 g/mol. The zero-order valence-electron chi connectivity index (χ0n) is 12.0. The van der Waals surface area contributed by atoms with Crippen molar-refractivity contribution in [2.24, 2.45) is 0 Å². The number of sulfonamides is 1. The van der Waals surface area contributed by atoms with E-state index in [0.29, 0.717) is 0 Å². The molecule has 0 saturated carbocycles. The van der Waals surface area contributed by atoms with Gasteiger partial charge in [-0.1, -0.05) is 25.5 Å². The van der Waals surface area contributed by atoms with E-state index < -0.39 is 10.0 Å². The maximum atomic E-state index is 12.0. The van der Waals surface area contributed by atoms with E-state index in [-0.39, 0.29) is 23.9 Å². The highest BCUT2D eigenvalue weighted by Crippen LogP contribution is 2.12. The van der Waals surface area contributed by atoms with Crippen molar-refractivity contribution < 1.29 is 13.2 Å². The fourth-order valence-corrected chi connectivity index (χ4v) is 2.76. The van der Waals surface area contributed by atoms with Crippen LogP contribution in [-0.4, -0.2) is 27.4 Å². The molecule has 0 atom stereocenters. The molecule has 0 bridgehead atoms. The molecule has 1 amide bonds. The van der Waals surface area contributed by atoms with Gasteiger partial charge in [0.25, 0.3) is 0 Å². The normalized spacial score (nSPS) is 11.3. The summed E-state index contributed by atoms with van der Waals surface area (Å²) in [7, 11) is -3.50. The topological polar surface area (TPSA) is 75.3 Å². The maximum Gasteiger partial charge on any atom is 0.240 e. The quantitative estimate of drug-likeness (QED) is 0.713. The van der Waals surface area contributed by atoms with E-state index in [4.69, 9.17) is 0 Å². The first-order valence-electron chi connectivity index (χ1n) is 6.78. The smallest absolute Gasteiger partial charge is 0.240 e. The molecule has 0 unspecified atom stereocenters. The Morgan fingerprint density at radius 3 is 2.35 bits per heavy atom. The molecular formula is C14H22N2O3S. The van der Waals surface area contributed by atoms with Gasteiger partial charge in [-0.05, 0) is 30.5 Å². The summed E-state index contributed by atoms with van der Waals surface area (Å²) in [5.74, 6) is -0.176. The number of benzene rings is 1. The second-order valence-corrected chi connectivity index (χ2v) is 6.40. The fraction of sp³-hybridized carbons (Fsp3) is 0.500. The van der Waals surface area contributed by atoms with Gasteiger partial charge in [0.15, 0.2) is 0 Å². The summed E-state index contributed by atoms with van der Waals surface area (Å²) in [6, 6.07) is 6.92. The zero-order valence-corrected chi connectivity index (χ0v) is 12.8. The van der Waals surface area contributed by atoms with Gasteiger partial charge in [0.05, 0.1) is 4.90 Å². The van der Waals surface area contributed by atoms with Gasteiger partial charge < -0.3 is 5.32 Å². The maximum absolute atomic E-state index is 12.0. The SMILES string of the molecule is CCCCc1ccc(S(=O)(=O)NCCNC(C)=O)cc1. The number of carbonyl (C=O) groups is 1. The van der Waals surface area contributed by atoms with Crippen LogP contribution in [0.5, 0.6) is 0 Å². The first kappa shape index (κ1) is 16.7. The van der Waals surface area contributed by atoms with E-state index in [2.05, 4.69) is 17.0 Å². The van der Waals surface area contributed by atoms with Crippen LogP contribution in [0.1, 0.15) is 32.3 Å². The standard InChI is InChI=1S/C14H22N2O3S/c1-3-4-5-13-6-8-14(9-7-13)20(18,19)16-11-10-15-12(2)17/h6-9,16H,3-5,10-11H2,1-2H3,(H,15,17). The first-order valence-corrected chi connectivity index (χ1v) is 8.27. The molecule has 0 aliphatic carbocycles. The van der Waals surface area contributed by atoms with Crippen molar-refractivity contribution in [3.63, 3.8) is 0 Å². The molecular weight excluding hydrogens is 276 g/mol. The summed E-state index contributed by atoms with van der Waals surface area (Å²) in [5.41, 5.74) is 1.14. The third-order valence-electron chi connectivity index (χ3n) is 2.84. The highest BCUT2D eigenvalue weighted by atomic mass is 32.2. The predicted molar refractivity (Wildman–Crippen MR) is 78.9 cm³/mol. The number of carbonyl (C=O) groups excluding carboxylic acids is 1. The van der Waals surface area contributed by atoms with Crippen LogP contribution in [0.3, 0.4) is 0 Å². The predicted octanol–water partition coefficient (Wildman–Crippen LogP) is 1.44. The molecule has 5 nitrogen and oxygen atoms in total. The van der Waals surface area contributed by atoms with Gasteiger partial charge in [0.1, 0.15) is 0 Å². The number of hydrogen-bond acceptors (Lipinski definition) is 3. The number of hydrogen-bond donors (Lipinski definition) is 2. The second-order valence-electron chi connectivity index (χ2n) is 4.63. The Kier molecular flexibility index (Phi) is 6.67. The lowest BCUT2D eigenvalue weighted by Crippen LogP contribution is -2.33. The van der Waals surface area contributed by atoms with Crippen molar-refractivity contribution in [3.8, 4) is 0 Å². The summed E-state index contributed by atoms with van der Waals surface area (Å²) in [5, 5.41) is 2.54. The zero-order chi connectivity index (χ0) is 15.0. The minimum Gasteiger partial charge on any atom is -0.355 e. The Balaban J connectivity index is 2.56. The number of aryl methyl sites for hydroxylation is 1. The molecule has 0 heterocycles. The molecule has 1 aromatic rings. The molecule has 0 saturated heterocycles. The molecule has 1 rings (SSSR count). The summed E-state index contributed by atoms with van der Waals surface area (Å²) >= 11 is 0. The van der Waals surface area contributed by atoms with Gasteiger partial charge in [-0.15, -0.1) is 0 Å². The van der Waals surface area contributed by atoms with Crippen molar-refractivity contribution in [2.45, 2.75) is 38.0 Å². The highest BCUT2D eigenvalue weighted by molar-refractivity contribution is 7.89. The summed E-state index contributed by atoms with van der Waals surface area (Å²) in [4.78, 5) is 10.9. The lowest BCUT2D eigenvalue weighted by Gasteiger charge is -2.08. The van der Waals surface area contributed by atoms with Gasteiger partial charge in [-0.25, -0.2) is 13.1 Å². The van der Waals surface area contributed by atoms with Gasteiger partial charge in [0.2, 0.25) is 15.9 Å². The van der Waals surface area contributed by atoms with Crippen LogP contribution >= 0.6 is 0 Å². The molecule has 112 valence electrons. The Hall–Kier alpha value is -1.40. The van der Waals surface area contributed by atoms with Crippen LogP contribution in [-0.2, 0) is 21.2 Å². The van der Waals surface area contributed by atoms with E-state index in [9.17, 15) is 13.2 Å². The Bertz CT molecular complexity index is 524. The second kappa shape index (κ2) is 8.01. The number of unbranched alkanes of at least 4 members (excludes halogenated alkanes) is 1. The van der Waals surface area contributed by atoms with Crippen molar-refractivity contribution in [2.75, 3.05) is 13.1 Å². The fourth-order valence-electron chi connectivity index (χ4n) is 1.72. The van der Waals surface area contributed by atoms with E-state index in [1.54, 1.807) is 12.1 Å². The molecule has 20 heavy (non-hydrogen) atoms. The summed E-state index contributed by atoms with van der Waals surface area (Å²) in [6.07, 6.45) is 3.18. The van der Waals surface area contributed by atoms with Crippen LogP contribution in [0.2, 0.25) is 0 Å². The third-order valence-corrected chi connectivity index (χ3v) is 4.32. The van der Waals surface area contributed by atoms with E-state index in [1.165, 1.54) is 6.92 Å². The minimum absolute atomic E-state index is 0.176. The van der Waals surface area contributed by atoms with Crippen molar-refractivity contribution in [3.05, 3.63) is 29.8 Å². The number of amides is 1. The average Bonchev–Trinajstić information content (AvgIpc) is 2.42. The summed E-state index contributed by atoms with van der Waals surface area (Å²) < 4.78 is 26.4. The molecule has 2 N–H and O–H groups in total. The number of rotatable bonds is 8. The van der Waals surface area contributed by atoms with Crippen LogP contribution in [0.15, 0.2) is 29.2 Å². The van der Waals surface area contributed by atoms with Crippen LogP contribution < -0.4 is 10.0 Å². The third kappa shape index (κ3) is 5.71. The highest BCUT2D eigenvalue weighted by Gasteiger charge is 2.12. The van der Waals surface area contributed by atoms with Gasteiger partial charge in [-0.3, -0.25) is 4.79 Å². The van der Waals surface area contributed by atoms with E-state index >= 15 is 0 Å².